The topological polar surface area (TPSA) is 66.4 Å². The fraction of sp³-hybridized carbons (Fsp3) is 0.333. The van der Waals surface area contributed by atoms with E-state index in [0.29, 0.717) is 24.8 Å². The standard InChI is InChI=1S/C15H15BrFNO3/c16-11-3-5-13(17)9(7-11)2-6-14(19)18-12-4-1-10(8-12)15(20)21/h2-3,5-7,10,12H,1,4,8H2,(H,18,19)(H,20,21). The van der Waals surface area contributed by atoms with Gasteiger partial charge in [0.1, 0.15) is 5.82 Å². The van der Waals surface area contributed by atoms with Crippen molar-refractivity contribution in [2.24, 2.45) is 5.92 Å². The van der Waals surface area contributed by atoms with E-state index in [2.05, 4.69) is 21.2 Å². The molecule has 1 aliphatic carbocycles. The average molecular weight is 356 g/mol. The number of carbonyl (C=O) groups excluding carboxylic acids is 1. The summed E-state index contributed by atoms with van der Waals surface area (Å²) in [5.41, 5.74) is 0.314. The minimum absolute atomic E-state index is 0.129. The maximum absolute atomic E-state index is 13.5. The first-order valence-corrected chi connectivity index (χ1v) is 7.41. The van der Waals surface area contributed by atoms with Gasteiger partial charge in [-0.05, 0) is 43.5 Å². The first kappa shape index (κ1) is 15.7. The molecule has 0 aromatic heterocycles. The van der Waals surface area contributed by atoms with Gasteiger partial charge in [0.15, 0.2) is 0 Å². The summed E-state index contributed by atoms with van der Waals surface area (Å²) in [6.45, 7) is 0. The molecule has 1 aromatic carbocycles. The molecule has 0 radical (unpaired) electrons. The highest BCUT2D eigenvalue weighted by atomic mass is 79.9. The third-order valence-corrected chi connectivity index (χ3v) is 3.99. The number of amides is 1. The lowest BCUT2D eigenvalue weighted by atomic mass is 10.1. The fourth-order valence-electron chi connectivity index (χ4n) is 2.39. The molecule has 1 fully saturated rings. The zero-order valence-corrected chi connectivity index (χ0v) is 12.8. The largest absolute Gasteiger partial charge is 0.481 e. The van der Waals surface area contributed by atoms with Gasteiger partial charge < -0.3 is 10.4 Å². The molecular formula is C15H15BrFNO3. The molecule has 1 amide bonds. The lowest BCUT2D eigenvalue weighted by molar-refractivity contribution is -0.141. The Bertz CT molecular complexity index is 588. The summed E-state index contributed by atoms with van der Waals surface area (Å²) >= 11 is 3.24. The van der Waals surface area contributed by atoms with E-state index in [4.69, 9.17) is 5.11 Å². The van der Waals surface area contributed by atoms with Gasteiger partial charge in [0.05, 0.1) is 5.92 Å². The normalized spacial score (nSPS) is 21.6. The summed E-state index contributed by atoms with van der Waals surface area (Å²) in [6.07, 6.45) is 4.34. The summed E-state index contributed by atoms with van der Waals surface area (Å²) in [5.74, 6) is -1.96. The summed E-state index contributed by atoms with van der Waals surface area (Å²) < 4.78 is 14.2. The predicted octanol–water partition coefficient (Wildman–Crippen LogP) is 2.97. The van der Waals surface area contributed by atoms with Crippen LogP contribution in [0.5, 0.6) is 0 Å². The van der Waals surface area contributed by atoms with Crippen LogP contribution < -0.4 is 5.32 Å². The van der Waals surface area contributed by atoms with E-state index in [1.54, 1.807) is 12.1 Å². The second-order valence-electron chi connectivity index (χ2n) is 5.05. The van der Waals surface area contributed by atoms with Crippen molar-refractivity contribution in [3.05, 3.63) is 40.1 Å². The number of carboxylic acids is 1. The molecule has 0 saturated heterocycles. The molecule has 2 unspecified atom stereocenters. The second-order valence-corrected chi connectivity index (χ2v) is 5.97. The summed E-state index contributed by atoms with van der Waals surface area (Å²) in [6, 6.07) is 4.35. The van der Waals surface area contributed by atoms with Crippen molar-refractivity contribution in [1.29, 1.82) is 0 Å². The van der Waals surface area contributed by atoms with Gasteiger partial charge in [0, 0.05) is 22.2 Å². The van der Waals surface area contributed by atoms with Gasteiger partial charge in [0.25, 0.3) is 0 Å². The van der Waals surface area contributed by atoms with E-state index in [1.165, 1.54) is 18.2 Å². The van der Waals surface area contributed by atoms with Crippen molar-refractivity contribution in [3.8, 4) is 0 Å². The van der Waals surface area contributed by atoms with Crippen LogP contribution in [0.1, 0.15) is 24.8 Å². The first-order valence-electron chi connectivity index (χ1n) is 6.62. The van der Waals surface area contributed by atoms with Crippen molar-refractivity contribution in [3.63, 3.8) is 0 Å². The molecule has 1 aliphatic rings. The van der Waals surface area contributed by atoms with E-state index in [1.807, 2.05) is 0 Å². The van der Waals surface area contributed by atoms with Crippen LogP contribution in [-0.4, -0.2) is 23.0 Å². The molecule has 1 saturated carbocycles. The lowest BCUT2D eigenvalue weighted by Gasteiger charge is -2.10. The Labute approximate surface area is 130 Å². The van der Waals surface area contributed by atoms with Crippen LogP contribution in [0, 0.1) is 11.7 Å². The summed E-state index contributed by atoms with van der Waals surface area (Å²) in [7, 11) is 0. The van der Waals surface area contributed by atoms with Gasteiger partial charge in [0.2, 0.25) is 5.91 Å². The molecule has 0 aliphatic heterocycles. The molecule has 0 heterocycles. The van der Waals surface area contributed by atoms with Crippen molar-refractivity contribution < 1.29 is 19.1 Å². The Morgan fingerprint density at radius 3 is 2.81 bits per heavy atom. The van der Waals surface area contributed by atoms with Crippen molar-refractivity contribution in [1.82, 2.24) is 5.32 Å². The van der Waals surface area contributed by atoms with Crippen LogP contribution in [0.15, 0.2) is 28.7 Å². The van der Waals surface area contributed by atoms with Gasteiger partial charge in [-0.3, -0.25) is 9.59 Å². The highest BCUT2D eigenvalue weighted by Crippen LogP contribution is 2.25. The molecule has 2 atom stereocenters. The smallest absolute Gasteiger partial charge is 0.306 e. The van der Waals surface area contributed by atoms with Crippen LogP contribution in [0.25, 0.3) is 6.08 Å². The van der Waals surface area contributed by atoms with Crippen molar-refractivity contribution >= 4 is 33.9 Å². The Kier molecular flexibility index (Phi) is 5.12. The Morgan fingerprint density at radius 1 is 1.38 bits per heavy atom. The zero-order valence-electron chi connectivity index (χ0n) is 11.2. The molecular weight excluding hydrogens is 341 g/mol. The van der Waals surface area contributed by atoms with Gasteiger partial charge >= 0.3 is 5.97 Å². The maximum atomic E-state index is 13.5. The average Bonchev–Trinajstić information content (AvgIpc) is 2.88. The number of rotatable bonds is 4. The highest BCUT2D eigenvalue weighted by molar-refractivity contribution is 9.10. The third-order valence-electron chi connectivity index (χ3n) is 3.50. The number of hydrogen-bond acceptors (Lipinski definition) is 2. The number of carboxylic acid groups (broad SMARTS) is 1. The van der Waals surface area contributed by atoms with Crippen LogP contribution in [0.2, 0.25) is 0 Å². The molecule has 2 N–H and O–H groups in total. The fourth-order valence-corrected chi connectivity index (χ4v) is 2.77. The number of hydrogen-bond donors (Lipinski definition) is 2. The zero-order chi connectivity index (χ0) is 15.4. The minimum Gasteiger partial charge on any atom is -0.481 e. The van der Waals surface area contributed by atoms with E-state index < -0.39 is 11.8 Å². The molecule has 1 aromatic rings. The number of carbonyl (C=O) groups is 2. The van der Waals surface area contributed by atoms with E-state index in [0.717, 1.165) is 4.47 Å². The molecule has 2 rings (SSSR count). The van der Waals surface area contributed by atoms with E-state index in [9.17, 15) is 14.0 Å². The Hall–Kier alpha value is -1.69. The molecule has 0 bridgehead atoms. The SMILES string of the molecule is O=C(C=Cc1cc(Br)ccc1F)NC1CCC(C(=O)O)C1. The molecule has 0 spiro atoms. The Morgan fingerprint density at radius 2 is 2.14 bits per heavy atom. The highest BCUT2D eigenvalue weighted by Gasteiger charge is 2.30. The van der Waals surface area contributed by atoms with Crippen molar-refractivity contribution in [2.75, 3.05) is 0 Å². The number of aliphatic carboxylic acids is 1. The first-order chi connectivity index (χ1) is 9.95. The third kappa shape index (κ3) is 4.39. The van der Waals surface area contributed by atoms with E-state index >= 15 is 0 Å². The second kappa shape index (κ2) is 6.85. The predicted molar refractivity (Wildman–Crippen MR) is 80.0 cm³/mol. The van der Waals surface area contributed by atoms with Crippen molar-refractivity contribution in [2.45, 2.75) is 25.3 Å². The van der Waals surface area contributed by atoms with Gasteiger partial charge in [-0.15, -0.1) is 0 Å². The minimum atomic E-state index is -0.821. The van der Waals surface area contributed by atoms with Crippen LogP contribution in [0.3, 0.4) is 0 Å². The molecule has 112 valence electrons. The Balaban J connectivity index is 1.91. The summed E-state index contributed by atoms with van der Waals surface area (Å²) in [5, 5.41) is 11.6. The number of halogens is 2. The van der Waals surface area contributed by atoms with E-state index in [-0.39, 0.29) is 17.9 Å². The number of nitrogens with one attached hydrogen (secondary N) is 1. The summed E-state index contributed by atoms with van der Waals surface area (Å²) in [4.78, 5) is 22.6. The van der Waals surface area contributed by atoms with Gasteiger partial charge in [-0.1, -0.05) is 15.9 Å². The van der Waals surface area contributed by atoms with Gasteiger partial charge in [-0.2, -0.15) is 0 Å². The van der Waals surface area contributed by atoms with Crippen LogP contribution in [-0.2, 0) is 9.59 Å². The molecule has 21 heavy (non-hydrogen) atoms. The maximum Gasteiger partial charge on any atom is 0.306 e. The number of benzene rings is 1. The quantitative estimate of drug-likeness (QED) is 0.816. The molecule has 4 nitrogen and oxygen atoms in total. The monoisotopic (exact) mass is 355 g/mol. The van der Waals surface area contributed by atoms with Gasteiger partial charge in [-0.25, -0.2) is 4.39 Å². The molecule has 6 heteroatoms. The van der Waals surface area contributed by atoms with Crippen LogP contribution >= 0.6 is 15.9 Å². The van der Waals surface area contributed by atoms with Crippen LogP contribution in [0.4, 0.5) is 4.39 Å². The lowest BCUT2D eigenvalue weighted by Crippen LogP contribution is -2.31.